The van der Waals surface area contributed by atoms with E-state index in [-0.39, 0.29) is 11.2 Å². The zero-order valence-electron chi connectivity index (χ0n) is 9.27. The molecule has 2 N–H and O–H groups in total. The predicted octanol–water partition coefficient (Wildman–Crippen LogP) is 2.26. The maximum atomic E-state index is 12.2. The number of aromatic amines is 1. The summed E-state index contributed by atoms with van der Waals surface area (Å²) in [4.78, 5) is 15.3. The van der Waals surface area contributed by atoms with Gasteiger partial charge in [0.05, 0.1) is 22.7 Å². The number of nitriles is 1. The fraction of sp³-hybridized carbons (Fsp3) is 0. The van der Waals surface area contributed by atoms with Crippen LogP contribution in [0.25, 0.3) is 21.8 Å². The third-order valence-corrected chi connectivity index (χ3v) is 2.91. The van der Waals surface area contributed by atoms with E-state index in [1.807, 2.05) is 6.07 Å². The van der Waals surface area contributed by atoms with E-state index in [0.717, 1.165) is 0 Å². The van der Waals surface area contributed by atoms with Gasteiger partial charge in [-0.25, -0.2) is 0 Å². The van der Waals surface area contributed by atoms with Crippen LogP contribution in [0.5, 0.6) is 5.75 Å². The Morgan fingerprint density at radius 1 is 1.06 bits per heavy atom. The Hall–Kier alpha value is -2.80. The highest BCUT2D eigenvalue weighted by molar-refractivity contribution is 5.93. The monoisotopic (exact) mass is 236 g/mol. The fourth-order valence-electron chi connectivity index (χ4n) is 2.03. The lowest BCUT2D eigenvalue weighted by Gasteiger charge is -2.03. The zero-order chi connectivity index (χ0) is 12.7. The highest BCUT2D eigenvalue weighted by atomic mass is 16.3. The van der Waals surface area contributed by atoms with Crippen molar-refractivity contribution in [3.63, 3.8) is 0 Å². The second-order valence-corrected chi connectivity index (χ2v) is 4.06. The minimum atomic E-state index is -0.154. The van der Waals surface area contributed by atoms with Gasteiger partial charge in [-0.15, -0.1) is 0 Å². The van der Waals surface area contributed by atoms with Crippen molar-refractivity contribution in [3.8, 4) is 11.8 Å². The first-order valence-electron chi connectivity index (χ1n) is 5.38. The van der Waals surface area contributed by atoms with Gasteiger partial charge in [0.2, 0.25) is 0 Å². The summed E-state index contributed by atoms with van der Waals surface area (Å²) in [6.45, 7) is 0. The van der Waals surface area contributed by atoms with Crippen LogP contribution >= 0.6 is 0 Å². The van der Waals surface area contributed by atoms with Crippen LogP contribution in [0.3, 0.4) is 0 Å². The van der Waals surface area contributed by atoms with E-state index in [1.54, 1.807) is 24.3 Å². The summed E-state index contributed by atoms with van der Waals surface area (Å²) < 4.78 is 0. The van der Waals surface area contributed by atoms with E-state index in [9.17, 15) is 9.90 Å². The Bertz CT molecular complexity index is 872. The molecule has 0 saturated carbocycles. The SMILES string of the molecule is N#Cc1ccc2c(=O)c3cc(O)ccc3[nH]c2c1. The Balaban J connectivity index is 2.53. The number of pyridine rings is 1. The van der Waals surface area contributed by atoms with Crippen LogP contribution in [0.2, 0.25) is 0 Å². The lowest BCUT2D eigenvalue weighted by Crippen LogP contribution is -2.04. The first kappa shape index (κ1) is 10.4. The molecule has 0 fully saturated rings. The molecular weight excluding hydrogens is 228 g/mol. The molecule has 0 radical (unpaired) electrons. The van der Waals surface area contributed by atoms with E-state index in [4.69, 9.17) is 5.26 Å². The topological polar surface area (TPSA) is 76.9 Å². The van der Waals surface area contributed by atoms with Crippen molar-refractivity contribution in [1.29, 1.82) is 5.26 Å². The van der Waals surface area contributed by atoms with Crippen LogP contribution in [-0.4, -0.2) is 10.1 Å². The van der Waals surface area contributed by atoms with Crippen molar-refractivity contribution < 1.29 is 5.11 Å². The number of nitrogens with zero attached hydrogens (tertiary/aromatic N) is 1. The van der Waals surface area contributed by atoms with Crippen LogP contribution in [0.15, 0.2) is 41.2 Å². The summed E-state index contributed by atoms with van der Waals surface area (Å²) in [5.74, 6) is 0.0565. The summed E-state index contributed by atoms with van der Waals surface area (Å²) in [5, 5.41) is 19.2. The van der Waals surface area contributed by atoms with E-state index < -0.39 is 0 Å². The van der Waals surface area contributed by atoms with Crippen molar-refractivity contribution in [2.45, 2.75) is 0 Å². The molecule has 1 aromatic heterocycles. The largest absolute Gasteiger partial charge is 0.508 e. The van der Waals surface area contributed by atoms with Gasteiger partial charge in [0.25, 0.3) is 0 Å². The molecule has 2 aromatic carbocycles. The average Bonchev–Trinajstić information content (AvgIpc) is 2.39. The Morgan fingerprint density at radius 3 is 2.67 bits per heavy atom. The number of phenolic OH excluding ortho intramolecular Hbond substituents is 1. The Kier molecular flexibility index (Phi) is 2.07. The molecule has 18 heavy (non-hydrogen) atoms. The van der Waals surface area contributed by atoms with Gasteiger partial charge in [-0.3, -0.25) is 4.79 Å². The zero-order valence-corrected chi connectivity index (χ0v) is 9.27. The minimum Gasteiger partial charge on any atom is -0.508 e. The van der Waals surface area contributed by atoms with E-state index in [1.165, 1.54) is 12.1 Å². The molecule has 0 aliphatic carbocycles. The molecule has 0 bridgehead atoms. The Labute approximate surface area is 102 Å². The molecule has 0 aliphatic heterocycles. The molecule has 0 atom stereocenters. The second kappa shape index (κ2) is 3.60. The number of benzene rings is 2. The van der Waals surface area contributed by atoms with Gasteiger partial charge < -0.3 is 10.1 Å². The van der Waals surface area contributed by atoms with Gasteiger partial charge >= 0.3 is 0 Å². The molecule has 86 valence electrons. The number of H-pyrrole nitrogens is 1. The summed E-state index contributed by atoms with van der Waals surface area (Å²) in [7, 11) is 0. The van der Waals surface area contributed by atoms with E-state index in [0.29, 0.717) is 27.4 Å². The molecule has 0 saturated heterocycles. The van der Waals surface area contributed by atoms with E-state index >= 15 is 0 Å². The van der Waals surface area contributed by atoms with Crippen molar-refractivity contribution in [2.24, 2.45) is 0 Å². The lowest BCUT2D eigenvalue weighted by molar-refractivity contribution is 0.476. The smallest absolute Gasteiger partial charge is 0.197 e. The molecule has 0 amide bonds. The number of hydrogen-bond acceptors (Lipinski definition) is 3. The van der Waals surface area contributed by atoms with Crippen LogP contribution in [0.4, 0.5) is 0 Å². The van der Waals surface area contributed by atoms with Gasteiger partial charge in [0.15, 0.2) is 5.43 Å². The van der Waals surface area contributed by atoms with Gasteiger partial charge in [0.1, 0.15) is 5.75 Å². The fourth-order valence-corrected chi connectivity index (χ4v) is 2.03. The summed E-state index contributed by atoms with van der Waals surface area (Å²) in [6, 6.07) is 11.5. The van der Waals surface area contributed by atoms with Crippen LogP contribution < -0.4 is 5.43 Å². The number of hydrogen-bond donors (Lipinski definition) is 2. The molecule has 1 heterocycles. The highest BCUT2D eigenvalue weighted by Crippen LogP contribution is 2.19. The number of rotatable bonds is 0. The van der Waals surface area contributed by atoms with Crippen molar-refractivity contribution in [1.82, 2.24) is 4.98 Å². The molecule has 3 aromatic rings. The average molecular weight is 236 g/mol. The third-order valence-electron chi connectivity index (χ3n) is 2.91. The van der Waals surface area contributed by atoms with Gasteiger partial charge in [-0.05, 0) is 36.4 Å². The first-order valence-corrected chi connectivity index (χ1v) is 5.38. The molecular formula is C14H8N2O2. The second-order valence-electron chi connectivity index (χ2n) is 4.06. The summed E-state index contributed by atoms with van der Waals surface area (Å²) >= 11 is 0. The number of fused-ring (bicyclic) bond motifs is 2. The number of phenols is 1. The van der Waals surface area contributed by atoms with Crippen LogP contribution in [0, 0.1) is 11.3 Å². The molecule has 0 spiro atoms. The lowest BCUT2D eigenvalue weighted by atomic mass is 10.1. The van der Waals surface area contributed by atoms with Crippen LogP contribution in [0.1, 0.15) is 5.56 Å². The number of aromatic nitrogens is 1. The first-order chi connectivity index (χ1) is 8.69. The van der Waals surface area contributed by atoms with E-state index in [2.05, 4.69) is 4.98 Å². The van der Waals surface area contributed by atoms with Crippen molar-refractivity contribution in [2.75, 3.05) is 0 Å². The van der Waals surface area contributed by atoms with Gasteiger partial charge in [-0.2, -0.15) is 5.26 Å². The molecule has 4 heteroatoms. The highest BCUT2D eigenvalue weighted by Gasteiger charge is 2.06. The standard InChI is InChI=1S/C14H8N2O2/c15-7-8-1-3-10-13(5-8)16-12-4-2-9(17)6-11(12)14(10)18/h1-6,17H,(H,16,18). The molecule has 3 rings (SSSR count). The summed E-state index contributed by atoms with van der Waals surface area (Å²) in [6.07, 6.45) is 0. The van der Waals surface area contributed by atoms with Gasteiger partial charge in [-0.1, -0.05) is 0 Å². The Morgan fingerprint density at radius 2 is 1.89 bits per heavy atom. The maximum absolute atomic E-state index is 12.2. The quantitative estimate of drug-likeness (QED) is 0.588. The molecule has 4 nitrogen and oxygen atoms in total. The van der Waals surface area contributed by atoms with Gasteiger partial charge in [0, 0.05) is 10.8 Å². The van der Waals surface area contributed by atoms with Crippen LogP contribution in [-0.2, 0) is 0 Å². The molecule has 0 unspecified atom stereocenters. The number of nitrogens with one attached hydrogen (secondary N) is 1. The maximum Gasteiger partial charge on any atom is 0.197 e. The molecule has 0 aliphatic rings. The van der Waals surface area contributed by atoms with Crippen molar-refractivity contribution >= 4 is 21.8 Å². The number of aromatic hydroxyl groups is 1. The minimum absolute atomic E-state index is 0.0565. The third kappa shape index (κ3) is 1.42. The normalized spacial score (nSPS) is 10.6. The summed E-state index contributed by atoms with van der Waals surface area (Å²) in [5.41, 5.74) is 1.60. The van der Waals surface area contributed by atoms with Crippen molar-refractivity contribution in [3.05, 3.63) is 52.2 Å². The predicted molar refractivity (Wildman–Crippen MR) is 68.5 cm³/mol.